The van der Waals surface area contributed by atoms with E-state index >= 15 is 0 Å². The van der Waals surface area contributed by atoms with Crippen LogP contribution in [0.5, 0.6) is 17.2 Å². The van der Waals surface area contributed by atoms with Crippen LogP contribution in [0, 0.1) is 17.8 Å². The molecule has 7 amide bonds. The summed E-state index contributed by atoms with van der Waals surface area (Å²) in [6.07, 6.45) is 18.1. The second-order valence-electron chi connectivity index (χ2n) is 31.6. The molecule has 6 aliphatic rings. The molecule has 0 saturated heterocycles. The lowest BCUT2D eigenvalue weighted by molar-refractivity contribution is 0.0991. The molecule has 600 valence electrons. The molecular formula is C92H107ClN8O13. The molecule has 0 heterocycles. The molecule has 0 spiro atoms. The fraction of sp³-hybridized carbons (Fsp3) is 0.391. The average molecular weight is 1570 g/mol. The number of rotatable bonds is 15. The van der Waals surface area contributed by atoms with Crippen molar-refractivity contribution in [1.82, 2.24) is 10.6 Å². The highest BCUT2D eigenvalue weighted by Crippen LogP contribution is 2.51. The first kappa shape index (κ1) is 83.9. The molecule has 8 aromatic carbocycles. The van der Waals surface area contributed by atoms with Crippen molar-refractivity contribution in [2.45, 2.75) is 197 Å². The van der Waals surface area contributed by atoms with Gasteiger partial charge in [-0.1, -0.05) is 207 Å². The first-order valence-electron chi connectivity index (χ1n) is 39.8. The molecule has 0 aliphatic heterocycles. The SMILES string of the molecule is CCc1ccccc1C(N)=O.CN(C(=O)Oc1ccc2c(c1)[C@@]1(C)CCCCC[C@@H](C2)[C@@H]1N)c1ccccc1C(N)=O.CN(C(=O)Oc1ccc2c(c1)[C@@]1(C)CCCCC[C@@H](C2)[C@@H]1NC(=O)OCc1ccccc1)c1ccccc1C(N)=O.C[C@@]12CCCCC[C@@H](Cc3ccc(OC(=O)Cl)cc31)[C@@H]2NC(=O)OCc1ccccc1. The molecule has 0 unspecified atom stereocenters. The van der Waals surface area contributed by atoms with E-state index in [1.165, 1.54) is 57.7 Å². The van der Waals surface area contributed by atoms with Gasteiger partial charge >= 0.3 is 29.8 Å². The van der Waals surface area contributed by atoms with E-state index in [-0.39, 0.29) is 70.5 Å². The first-order valence-corrected chi connectivity index (χ1v) is 40.2. The minimum atomic E-state index is -0.851. The van der Waals surface area contributed by atoms with Gasteiger partial charge in [-0.15, -0.1) is 0 Å². The van der Waals surface area contributed by atoms with E-state index in [9.17, 15) is 38.4 Å². The van der Waals surface area contributed by atoms with Gasteiger partial charge in [0.25, 0.3) is 11.8 Å². The van der Waals surface area contributed by atoms with Crippen molar-refractivity contribution in [2.75, 3.05) is 23.9 Å². The zero-order chi connectivity index (χ0) is 81.3. The normalized spacial score (nSPS) is 22.2. The van der Waals surface area contributed by atoms with Crippen LogP contribution in [-0.4, -0.2) is 79.7 Å². The molecular weight excluding hydrogens is 1460 g/mol. The third-order valence-corrected chi connectivity index (χ3v) is 24.3. The minimum Gasteiger partial charge on any atom is -0.445 e. The van der Waals surface area contributed by atoms with Crippen molar-refractivity contribution in [2.24, 2.45) is 40.7 Å². The molecule has 9 atom stereocenters. The molecule has 14 rings (SSSR count). The number of halogens is 1. The third-order valence-electron chi connectivity index (χ3n) is 24.3. The Hall–Kier alpha value is -11.0. The molecule has 3 saturated carbocycles. The van der Waals surface area contributed by atoms with E-state index in [0.717, 1.165) is 124 Å². The number of carbonyl (C=O) groups is 8. The Morgan fingerprint density at radius 3 is 1.18 bits per heavy atom. The van der Waals surface area contributed by atoms with Crippen LogP contribution >= 0.6 is 11.6 Å². The van der Waals surface area contributed by atoms with Gasteiger partial charge in [-0.3, -0.25) is 24.2 Å². The number of ether oxygens (including phenoxy) is 5. The van der Waals surface area contributed by atoms with Crippen LogP contribution in [0.2, 0.25) is 0 Å². The zero-order valence-electron chi connectivity index (χ0n) is 66.1. The molecule has 8 aromatic rings. The Bertz CT molecular complexity index is 4760. The predicted octanol–water partition coefficient (Wildman–Crippen LogP) is 17.7. The number of amides is 7. The molecule has 3 fully saturated rings. The highest BCUT2D eigenvalue weighted by molar-refractivity contribution is 6.61. The Morgan fingerprint density at radius 1 is 0.430 bits per heavy atom. The highest BCUT2D eigenvalue weighted by atomic mass is 35.5. The van der Waals surface area contributed by atoms with Gasteiger partial charge in [0, 0.05) is 65.6 Å². The monoisotopic (exact) mass is 1570 g/mol. The summed E-state index contributed by atoms with van der Waals surface area (Å²) in [7, 11) is 3.11. The number of nitrogens with zero attached hydrogens (tertiary/aromatic N) is 2. The number of alkyl carbamates (subject to hydrolysis) is 2. The van der Waals surface area contributed by atoms with Crippen LogP contribution in [0.4, 0.5) is 35.3 Å². The summed E-state index contributed by atoms with van der Waals surface area (Å²) in [6, 6.07) is 57.5. The number of primary amides is 3. The van der Waals surface area contributed by atoms with Crippen molar-refractivity contribution < 1.29 is 62.0 Å². The molecule has 0 radical (unpaired) electrons. The average Bonchev–Trinajstić information content (AvgIpc) is 0.753. The maximum atomic E-state index is 13.1. The quantitative estimate of drug-likeness (QED) is 0.0520. The number of nitrogens with two attached hydrogens (primary N) is 4. The predicted molar refractivity (Wildman–Crippen MR) is 442 cm³/mol. The van der Waals surface area contributed by atoms with Crippen LogP contribution in [0.25, 0.3) is 0 Å². The Labute approximate surface area is 673 Å². The maximum absolute atomic E-state index is 13.1. The summed E-state index contributed by atoms with van der Waals surface area (Å²) >= 11 is 5.43. The van der Waals surface area contributed by atoms with Gasteiger partial charge < -0.3 is 57.3 Å². The van der Waals surface area contributed by atoms with Gasteiger partial charge in [-0.05, 0) is 199 Å². The van der Waals surface area contributed by atoms with E-state index in [2.05, 4.69) is 37.5 Å². The van der Waals surface area contributed by atoms with Crippen molar-refractivity contribution in [3.63, 3.8) is 0 Å². The first-order chi connectivity index (χ1) is 54.8. The van der Waals surface area contributed by atoms with Gasteiger partial charge in [0.05, 0.1) is 22.5 Å². The van der Waals surface area contributed by atoms with E-state index < -0.39 is 41.6 Å². The Balaban J connectivity index is 0.000000159. The van der Waals surface area contributed by atoms with Crippen molar-refractivity contribution in [1.29, 1.82) is 0 Å². The highest BCUT2D eigenvalue weighted by Gasteiger charge is 2.49. The van der Waals surface area contributed by atoms with Crippen molar-refractivity contribution in [3.8, 4) is 17.2 Å². The number of fused-ring (bicyclic) bond motifs is 12. The summed E-state index contributed by atoms with van der Waals surface area (Å²) in [5.74, 6) is 0.887. The second-order valence-corrected chi connectivity index (χ2v) is 31.9. The molecule has 10 N–H and O–H groups in total. The fourth-order valence-electron chi connectivity index (χ4n) is 18.2. The van der Waals surface area contributed by atoms with Gasteiger partial charge in [0.2, 0.25) is 5.91 Å². The van der Waals surface area contributed by atoms with E-state index in [1.807, 2.05) is 128 Å². The molecule has 114 heavy (non-hydrogen) atoms. The lowest BCUT2D eigenvalue weighted by Crippen LogP contribution is -2.57. The second kappa shape index (κ2) is 38.2. The summed E-state index contributed by atoms with van der Waals surface area (Å²) in [5, 5.41) is 6.44. The van der Waals surface area contributed by atoms with Crippen LogP contribution in [0.15, 0.2) is 188 Å². The molecule has 22 heteroatoms. The Morgan fingerprint density at radius 2 is 0.781 bits per heavy atom. The van der Waals surface area contributed by atoms with E-state index in [0.29, 0.717) is 46.0 Å². The number of carbonyl (C=O) groups excluding carboxylic acids is 8. The Kier molecular flexibility index (Phi) is 28.1. The minimum absolute atomic E-state index is 0.0504. The molecule has 21 nitrogen and oxygen atoms in total. The number of anilines is 2. The summed E-state index contributed by atoms with van der Waals surface area (Å²) < 4.78 is 27.8. The number of aryl methyl sites for hydroxylation is 1. The third kappa shape index (κ3) is 20.1. The number of hydrogen-bond donors (Lipinski definition) is 6. The van der Waals surface area contributed by atoms with Crippen LogP contribution in [0.1, 0.15) is 205 Å². The van der Waals surface area contributed by atoms with Gasteiger partial charge in [-0.2, -0.15) is 0 Å². The van der Waals surface area contributed by atoms with Crippen molar-refractivity contribution in [3.05, 3.63) is 255 Å². The number of nitrogens with one attached hydrogen (secondary N) is 2. The van der Waals surface area contributed by atoms with Gasteiger partial charge in [0.15, 0.2) is 0 Å². The summed E-state index contributed by atoms with van der Waals surface area (Å²) in [6.45, 7) is 9.12. The lowest BCUT2D eigenvalue weighted by Gasteiger charge is -2.49. The number of benzene rings is 8. The molecule has 0 aromatic heterocycles. The smallest absolute Gasteiger partial charge is 0.419 e. The molecule has 6 aliphatic carbocycles. The van der Waals surface area contributed by atoms with Crippen LogP contribution < -0.4 is 57.6 Å². The van der Waals surface area contributed by atoms with Crippen LogP contribution in [-0.2, 0) is 64.6 Å². The largest absolute Gasteiger partial charge is 0.445 e. The van der Waals surface area contributed by atoms with E-state index in [1.54, 1.807) is 74.8 Å². The maximum Gasteiger partial charge on any atom is 0.419 e. The number of hydrogen-bond acceptors (Lipinski definition) is 14. The fourth-order valence-corrected chi connectivity index (χ4v) is 18.3. The lowest BCUT2D eigenvalue weighted by atomic mass is 9.59. The summed E-state index contributed by atoms with van der Waals surface area (Å²) in [5.41, 5.74) is 33.3. The van der Waals surface area contributed by atoms with Gasteiger partial charge in [-0.25, -0.2) is 24.0 Å². The van der Waals surface area contributed by atoms with Crippen LogP contribution in [0.3, 0.4) is 0 Å². The number of para-hydroxylation sites is 2. The molecule has 6 bridgehead atoms. The van der Waals surface area contributed by atoms with Gasteiger partial charge in [0.1, 0.15) is 30.5 Å². The van der Waals surface area contributed by atoms with E-state index in [4.69, 9.17) is 58.2 Å². The summed E-state index contributed by atoms with van der Waals surface area (Å²) in [4.78, 5) is 100.0. The van der Waals surface area contributed by atoms with Crippen molar-refractivity contribution >= 4 is 70.5 Å². The topological polar surface area (TPSA) is 317 Å². The standard InChI is InChI=1S/C33H37N3O5.C25H28ClNO4.C25H31N3O3.C9H11NO/c1-33-18-10-4-7-13-24(29(33)35-31(38)40-21-22-11-5-3-6-12-22)19-23-16-17-25(20-27(23)33)41-32(39)36(2)28-15-9-8-14-26(28)30(34)37;1-25-13-7-3-6-10-19(14-18-11-12-20(15-21(18)25)31-23(26)28)22(25)27-24(29)30-16-17-8-4-2-5-9-17;1-25-13-7-3-4-8-17(22(25)26)14-16-11-12-18(15-20(16)25)31-24(30)28(2)21-10-6-5-9-19(21)23(27)29;1-2-7-5-3-4-6-8(7)9(10)11/h3,5-6,8-9,11-12,14-17,20,24,29H,4,7,10,13,18-19,21H2,1-2H3,(H2,34,37)(H,35,38);2,4-5,8-9,11-12,15,19,22H,3,6-7,10,13-14,16H2,1H3,(H,27,29);5-6,9-12,15,17,22H,3-4,7-8,13-14,26H2,1-2H3,(H2,27,29);3-6H,2H2,1H3,(H2,10,11)/t24-,29-,33+;19-,22-,25+;17-,22-,25+;/m000./s1. The zero-order valence-corrected chi connectivity index (χ0v) is 66.9.